The molecule has 1 amide bonds. The normalized spacial score (nSPS) is 18.3. The summed E-state index contributed by atoms with van der Waals surface area (Å²) < 4.78 is 36.6. The number of hydrazine groups is 2. The molecule has 0 saturated carbocycles. The molecule has 5 rings (SSSR count). The Morgan fingerprint density at radius 1 is 1.25 bits per heavy atom. The molecular weight excluding hydrogens is 424 g/mol. The number of amides is 1. The highest BCUT2D eigenvalue weighted by molar-refractivity contribution is 5.97. The second kappa shape index (κ2) is 7.85. The van der Waals surface area contributed by atoms with Gasteiger partial charge in [0.2, 0.25) is 0 Å². The first-order valence-electron chi connectivity index (χ1n) is 9.60. The van der Waals surface area contributed by atoms with Gasteiger partial charge in [-0.1, -0.05) is 11.3 Å². The van der Waals surface area contributed by atoms with Crippen molar-refractivity contribution < 1.29 is 18.3 Å². The van der Waals surface area contributed by atoms with Gasteiger partial charge in [-0.3, -0.25) is 15.3 Å². The van der Waals surface area contributed by atoms with Crippen molar-refractivity contribution in [1.29, 1.82) is 0 Å². The highest BCUT2D eigenvalue weighted by Crippen LogP contribution is 2.32. The Kier molecular flexibility index (Phi) is 4.86. The van der Waals surface area contributed by atoms with Gasteiger partial charge < -0.3 is 4.74 Å². The Morgan fingerprint density at radius 2 is 2.06 bits per heavy atom. The summed E-state index contributed by atoms with van der Waals surface area (Å²) in [5.41, 5.74) is 6.18. The van der Waals surface area contributed by atoms with Gasteiger partial charge in [0.25, 0.3) is 0 Å². The van der Waals surface area contributed by atoms with Crippen LogP contribution in [-0.4, -0.2) is 56.7 Å². The number of pyridine rings is 1. The molecule has 1 aromatic carbocycles. The molecule has 2 N–H and O–H groups in total. The van der Waals surface area contributed by atoms with Crippen LogP contribution in [0.3, 0.4) is 0 Å². The number of ether oxygens (including phenoxy) is 1. The van der Waals surface area contributed by atoms with E-state index in [0.717, 1.165) is 12.1 Å². The standard InChI is InChI=1S/C19H17F2N9O2/c1-28-25-18(24-27-28)16-3-2-11(8-22-16)17-14(20)6-12(7-15(17)21)30-10-13(32-19(30)31)9-29-5-4-23-26-29/h2-8,13,27H,9-10H2,1H3,(H,24,25)/t13-/m0/s1. The summed E-state index contributed by atoms with van der Waals surface area (Å²) in [4.78, 5) is 17.7. The van der Waals surface area contributed by atoms with Crippen LogP contribution in [0.2, 0.25) is 0 Å². The first-order valence-corrected chi connectivity index (χ1v) is 9.60. The van der Waals surface area contributed by atoms with Crippen LogP contribution in [0.5, 0.6) is 0 Å². The van der Waals surface area contributed by atoms with Crippen LogP contribution in [0.4, 0.5) is 19.3 Å². The minimum absolute atomic E-state index is 0.0676. The van der Waals surface area contributed by atoms with E-state index in [2.05, 4.69) is 31.4 Å². The number of hydrogen-bond acceptors (Lipinski definition) is 9. The van der Waals surface area contributed by atoms with E-state index >= 15 is 0 Å². The molecule has 164 valence electrons. The molecule has 0 unspecified atom stereocenters. The molecule has 1 atom stereocenters. The zero-order valence-corrected chi connectivity index (χ0v) is 16.7. The fraction of sp³-hybridized carbons (Fsp3) is 0.211. The zero-order chi connectivity index (χ0) is 22.2. The van der Waals surface area contributed by atoms with Gasteiger partial charge in [-0.05, 0) is 18.2 Å². The summed E-state index contributed by atoms with van der Waals surface area (Å²) in [7, 11) is 1.73. The second-order valence-electron chi connectivity index (χ2n) is 7.19. The maximum Gasteiger partial charge on any atom is 0.414 e. The molecule has 0 aliphatic carbocycles. The highest BCUT2D eigenvalue weighted by atomic mass is 19.1. The summed E-state index contributed by atoms with van der Waals surface area (Å²) in [6.45, 7) is 0.416. The van der Waals surface area contributed by atoms with Gasteiger partial charge in [-0.2, -0.15) is 0 Å². The molecule has 32 heavy (non-hydrogen) atoms. The smallest absolute Gasteiger partial charge is 0.414 e. The summed E-state index contributed by atoms with van der Waals surface area (Å²) in [5, 5.41) is 13.1. The quantitative estimate of drug-likeness (QED) is 0.609. The van der Waals surface area contributed by atoms with Crippen LogP contribution in [0, 0.1) is 11.6 Å². The van der Waals surface area contributed by atoms with E-state index in [1.807, 2.05) is 0 Å². The summed E-state index contributed by atoms with van der Waals surface area (Å²) in [6.07, 6.45) is 3.29. The number of nitrogens with zero attached hydrogens (tertiary/aromatic N) is 7. The Labute approximate surface area is 180 Å². The minimum Gasteiger partial charge on any atom is -0.442 e. The first-order chi connectivity index (χ1) is 15.5. The minimum atomic E-state index is -0.820. The molecule has 2 aromatic heterocycles. The molecule has 13 heteroatoms. The molecule has 0 spiro atoms. The van der Waals surface area contributed by atoms with Gasteiger partial charge in [0.15, 0.2) is 5.84 Å². The lowest BCUT2D eigenvalue weighted by atomic mass is 10.0. The van der Waals surface area contributed by atoms with Crippen LogP contribution in [0.25, 0.3) is 11.1 Å². The zero-order valence-electron chi connectivity index (χ0n) is 16.7. The number of nitrogens with one attached hydrogen (secondary N) is 2. The maximum atomic E-state index is 14.9. The van der Waals surface area contributed by atoms with Crippen molar-refractivity contribution in [2.45, 2.75) is 12.6 Å². The average Bonchev–Trinajstić information content (AvgIpc) is 3.50. The van der Waals surface area contributed by atoms with E-state index in [-0.39, 0.29) is 29.9 Å². The number of halogens is 2. The molecule has 11 nitrogen and oxygen atoms in total. The number of benzene rings is 1. The third kappa shape index (κ3) is 3.69. The largest absolute Gasteiger partial charge is 0.442 e. The number of carbonyl (C=O) groups excluding carboxylic acids is 1. The lowest BCUT2D eigenvalue weighted by molar-refractivity contribution is 0.129. The average molecular weight is 441 g/mol. The third-order valence-electron chi connectivity index (χ3n) is 4.96. The van der Waals surface area contributed by atoms with Gasteiger partial charge in [0.1, 0.15) is 23.4 Å². The first kappa shape index (κ1) is 19.8. The molecule has 0 bridgehead atoms. The molecular formula is C19H17F2N9O2. The van der Waals surface area contributed by atoms with Gasteiger partial charge >= 0.3 is 6.09 Å². The number of carbonyl (C=O) groups is 1. The van der Waals surface area contributed by atoms with Crippen LogP contribution < -0.4 is 15.9 Å². The Hall–Kier alpha value is -4.13. The van der Waals surface area contributed by atoms with E-state index in [0.29, 0.717) is 11.5 Å². The molecule has 1 saturated heterocycles. The highest BCUT2D eigenvalue weighted by Gasteiger charge is 2.34. The number of hydrogen-bond donors (Lipinski definition) is 2. The topological polar surface area (TPSA) is 113 Å². The molecule has 0 radical (unpaired) electrons. The SMILES string of the molecule is CN1NN=C(c2ccc(-c3c(F)cc(N4C[C@H](Cn5ccnn5)OC4=O)cc3F)cn2)N1. The number of amidine groups is 1. The number of hydrazone groups is 1. The van der Waals surface area contributed by atoms with Crippen molar-refractivity contribution in [3.63, 3.8) is 0 Å². The van der Waals surface area contributed by atoms with Crippen LogP contribution >= 0.6 is 0 Å². The van der Waals surface area contributed by atoms with Gasteiger partial charge in [-0.25, -0.2) is 23.8 Å². The van der Waals surface area contributed by atoms with Crippen LogP contribution in [0.1, 0.15) is 5.69 Å². The number of cyclic esters (lactones) is 1. The fourth-order valence-corrected chi connectivity index (χ4v) is 3.49. The lowest BCUT2D eigenvalue weighted by Gasteiger charge is -2.15. The van der Waals surface area contributed by atoms with E-state index in [4.69, 9.17) is 4.74 Å². The van der Waals surface area contributed by atoms with Crippen molar-refractivity contribution in [1.82, 2.24) is 36.1 Å². The molecule has 1 fully saturated rings. The second-order valence-corrected chi connectivity index (χ2v) is 7.19. The van der Waals surface area contributed by atoms with Crippen LogP contribution in [-0.2, 0) is 11.3 Å². The van der Waals surface area contributed by atoms with E-state index < -0.39 is 23.8 Å². The van der Waals surface area contributed by atoms with Crippen molar-refractivity contribution >= 4 is 17.6 Å². The summed E-state index contributed by atoms with van der Waals surface area (Å²) in [5.74, 6) is -1.16. The van der Waals surface area contributed by atoms with E-state index in [1.54, 1.807) is 25.4 Å². The van der Waals surface area contributed by atoms with Crippen molar-refractivity contribution in [3.05, 3.63) is 60.2 Å². The summed E-state index contributed by atoms with van der Waals surface area (Å²) in [6, 6.07) is 5.35. The summed E-state index contributed by atoms with van der Waals surface area (Å²) >= 11 is 0. The lowest BCUT2D eigenvalue weighted by Crippen LogP contribution is -2.37. The van der Waals surface area contributed by atoms with E-state index in [9.17, 15) is 13.6 Å². The Morgan fingerprint density at radius 3 is 2.69 bits per heavy atom. The fourth-order valence-electron chi connectivity index (χ4n) is 3.49. The number of anilines is 1. The molecule has 2 aliphatic heterocycles. The number of rotatable bonds is 5. The predicted molar refractivity (Wildman–Crippen MR) is 108 cm³/mol. The van der Waals surface area contributed by atoms with Gasteiger partial charge in [0, 0.05) is 25.0 Å². The molecule has 2 aliphatic rings. The van der Waals surface area contributed by atoms with Gasteiger partial charge in [-0.15, -0.1) is 15.3 Å². The van der Waals surface area contributed by atoms with Crippen molar-refractivity contribution in [2.24, 2.45) is 5.10 Å². The van der Waals surface area contributed by atoms with Gasteiger partial charge in [0.05, 0.1) is 30.5 Å². The Bertz CT molecular complexity index is 1160. The third-order valence-corrected chi connectivity index (χ3v) is 4.96. The Balaban J connectivity index is 1.36. The number of aromatic nitrogens is 4. The molecule has 3 aromatic rings. The molecule has 4 heterocycles. The maximum absolute atomic E-state index is 14.9. The van der Waals surface area contributed by atoms with Crippen LogP contribution in [0.15, 0.2) is 48.0 Å². The monoisotopic (exact) mass is 441 g/mol. The van der Waals surface area contributed by atoms with Crippen molar-refractivity contribution in [2.75, 3.05) is 18.5 Å². The van der Waals surface area contributed by atoms with E-state index in [1.165, 1.54) is 27.1 Å². The predicted octanol–water partition coefficient (Wildman–Crippen LogP) is 1.26. The van der Waals surface area contributed by atoms with Crippen molar-refractivity contribution in [3.8, 4) is 11.1 Å².